The molecule has 1 aliphatic rings. The van der Waals surface area contributed by atoms with Crippen LogP contribution in [0.2, 0.25) is 0 Å². The second-order valence-electron chi connectivity index (χ2n) is 4.36. The van der Waals surface area contributed by atoms with Gasteiger partial charge in [0.25, 0.3) is 0 Å². The van der Waals surface area contributed by atoms with Crippen molar-refractivity contribution in [2.45, 2.75) is 26.3 Å². The summed E-state index contributed by atoms with van der Waals surface area (Å²) in [5.74, 6) is -0.455. The highest BCUT2D eigenvalue weighted by atomic mass is 32.1. The number of esters is 1. The summed E-state index contributed by atoms with van der Waals surface area (Å²) in [5, 5.41) is 8.35. The van der Waals surface area contributed by atoms with Crippen molar-refractivity contribution in [1.29, 1.82) is 0 Å². The van der Waals surface area contributed by atoms with Gasteiger partial charge < -0.3 is 4.74 Å². The third-order valence-corrected chi connectivity index (χ3v) is 3.23. The van der Waals surface area contributed by atoms with Gasteiger partial charge in [0.2, 0.25) is 0 Å². The standard InChI is InChI=1S/C13H15N3O2S/c1-4-18-12(17)10-11(19)15-16-13(10,3)9-7-5-6-8(2)14-9/h5-7,19H,4H2,1-3H3. The van der Waals surface area contributed by atoms with Crippen LogP contribution in [0.15, 0.2) is 39.0 Å². The maximum Gasteiger partial charge on any atom is 0.339 e. The molecule has 0 aliphatic carbocycles. The molecule has 0 amide bonds. The molecule has 1 unspecified atom stereocenters. The summed E-state index contributed by atoms with van der Waals surface area (Å²) in [7, 11) is 0. The molecular formula is C13H15N3O2S. The topological polar surface area (TPSA) is 63.9 Å². The normalized spacial score (nSPS) is 21.9. The van der Waals surface area contributed by atoms with Gasteiger partial charge in [0.05, 0.1) is 12.3 Å². The summed E-state index contributed by atoms with van der Waals surface area (Å²) in [5.41, 5.74) is 0.902. The first-order valence-corrected chi connectivity index (χ1v) is 6.41. The minimum absolute atomic E-state index is 0.282. The number of hydrogen-bond donors (Lipinski definition) is 1. The molecule has 0 N–H and O–H groups in total. The highest BCUT2D eigenvalue weighted by Gasteiger charge is 2.43. The zero-order valence-electron chi connectivity index (χ0n) is 11.0. The SMILES string of the molecule is CCOC(=O)C1=C(S)N=NC1(C)c1cccc(C)n1. The molecule has 1 atom stereocenters. The minimum Gasteiger partial charge on any atom is -0.462 e. The molecular weight excluding hydrogens is 262 g/mol. The fourth-order valence-electron chi connectivity index (χ4n) is 1.95. The van der Waals surface area contributed by atoms with Crippen LogP contribution < -0.4 is 0 Å². The van der Waals surface area contributed by atoms with Gasteiger partial charge in [-0.05, 0) is 32.9 Å². The molecule has 0 saturated carbocycles. The number of pyridine rings is 1. The van der Waals surface area contributed by atoms with Crippen LogP contribution in [0.1, 0.15) is 25.2 Å². The predicted octanol–water partition coefficient (Wildman–Crippen LogP) is 2.78. The van der Waals surface area contributed by atoms with E-state index in [9.17, 15) is 4.79 Å². The van der Waals surface area contributed by atoms with Gasteiger partial charge in [0, 0.05) is 5.69 Å². The van der Waals surface area contributed by atoms with Crippen molar-refractivity contribution in [2.24, 2.45) is 10.2 Å². The van der Waals surface area contributed by atoms with Crippen LogP contribution in [0.5, 0.6) is 0 Å². The molecule has 0 aromatic carbocycles. The second-order valence-corrected chi connectivity index (χ2v) is 4.78. The van der Waals surface area contributed by atoms with E-state index >= 15 is 0 Å². The lowest BCUT2D eigenvalue weighted by molar-refractivity contribution is -0.139. The fourth-order valence-corrected chi connectivity index (χ4v) is 2.31. The van der Waals surface area contributed by atoms with Crippen molar-refractivity contribution in [2.75, 3.05) is 6.61 Å². The van der Waals surface area contributed by atoms with Gasteiger partial charge in [-0.25, -0.2) is 4.79 Å². The molecule has 0 bridgehead atoms. The molecule has 0 radical (unpaired) electrons. The summed E-state index contributed by atoms with van der Waals surface area (Å²) < 4.78 is 5.05. The molecule has 100 valence electrons. The van der Waals surface area contributed by atoms with Crippen LogP contribution in [0, 0.1) is 6.92 Å². The Hall–Kier alpha value is -1.69. The zero-order valence-corrected chi connectivity index (χ0v) is 11.9. The first-order chi connectivity index (χ1) is 8.99. The van der Waals surface area contributed by atoms with Crippen molar-refractivity contribution in [3.05, 3.63) is 40.2 Å². The number of carbonyl (C=O) groups excluding carboxylic acids is 1. The van der Waals surface area contributed by atoms with Crippen molar-refractivity contribution < 1.29 is 9.53 Å². The number of aromatic nitrogens is 1. The third kappa shape index (κ3) is 2.40. The number of carbonyl (C=O) groups is 1. The Kier molecular flexibility index (Phi) is 3.71. The summed E-state index contributed by atoms with van der Waals surface area (Å²) in [6, 6.07) is 5.57. The van der Waals surface area contributed by atoms with Gasteiger partial charge >= 0.3 is 5.97 Å². The fraction of sp³-hybridized carbons (Fsp3) is 0.385. The van der Waals surface area contributed by atoms with Crippen molar-refractivity contribution in [3.63, 3.8) is 0 Å². The summed E-state index contributed by atoms with van der Waals surface area (Å²) in [4.78, 5) is 16.5. The average molecular weight is 277 g/mol. The lowest BCUT2D eigenvalue weighted by atomic mass is 9.89. The van der Waals surface area contributed by atoms with Crippen molar-refractivity contribution in [1.82, 2.24) is 4.98 Å². The summed E-state index contributed by atoms with van der Waals surface area (Å²) >= 11 is 4.20. The predicted molar refractivity (Wildman–Crippen MR) is 73.8 cm³/mol. The summed E-state index contributed by atoms with van der Waals surface area (Å²) in [6.07, 6.45) is 0. The van der Waals surface area contributed by atoms with E-state index in [4.69, 9.17) is 4.74 Å². The quantitative estimate of drug-likeness (QED) is 0.682. The molecule has 1 aromatic heterocycles. The van der Waals surface area contributed by atoms with Crippen molar-refractivity contribution >= 4 is 18.6 Å². The van der Waals surface area contributed by atoms with Crippen LogP contribution in [-0.4, -0.2) is 17.6 Å². The van der Waals surface area contributed by atoms with E-state index < -0.39 is 11.5 Å². The number of hydrogen-bond acceptors (Lipinski definition) is 6. The Balaban J connectivity index is 2.48. The monoisotopic (exact) mass is 277 g/mol. The molecule has 19 heavy (non-hydrogen) atoms. The first-order valence-electron chi connectivity index (χ1n) is 5.97. The molecule has 0 fully saturated rings. The largest absolute Gasteiger partial charge is 0.462 e. The zero-order chi connectivity index (χ0) is 14.0. The molecule has 1 aliphatic heterocycles. The average Bonchev–Trinajstić information content (AvgIpc) is 2.67. The summed E-state index contributed by atoms with van der Waals surface area (Å²) in [6.45, 7) is 5.71. The van der Waals surface area contributed by atoms with Crippen LogP contribution in [-0.2, 0) is 15.1 Å². The molecule has 1 aromatic rings. The van der Waals surface area contributed by atoms with E-state index in [0.29, 0.717) is 17.9 Å². The van der Waals surface area contributed by atoms with Crippen LogP contribution in [0.25, 0.3) is 0 Å². The number of azo groups is 1. The second kappa shape index (κ2) is 5.13. The molecule has 6 heteroatoms. The Bertz CT molecular complexity index is 583. The van der Waals surface area contributed by atoms with E-state index in [1.807, 2.05) is 25.1 Å². The lowest BCUT2D eigenvalue weighted by Crippen LogP contribution is -2.28. The van der Waals surface area contributed by atoms with Gasteiger partial charge in [-0.3, -0.25) is 4.98 Å². The van der Waals surface area contributed by atoms with Gasteiger partial charge in [-0.2, -0.15) is 5.11 Å². The smallest absolute Gasteiger partial charge is 0.339 e. The molecule has 0 saturated heterocycles. The molecule has 2 heterocycles. The van der Waals surface area contributed by atoms with Crippen molar-refractivity contribution in [3.8, 4) is 0 Å². The Morgan fingerprint density at radius 2 is 2.21 bits per heavy atom. The van der Waals surface area contributed by atoms with Crippen LogP contribution in [0.3, 0.4) is 0 Å². The number of rotatable bonds is 3. The Morgan fingerprint density at radius 3 is 2.84 bits per heavy atom. The number of nitrogens with zero attached hydrogens (tertiary/aromatic N) is 3. The van der Waals surface area contributed by atoms with E-state index in [0.717, 1.165) is 5.69 Å². The van der Waals surface area contributed by atoms with Gasteiger partial charge in [-0.15, -0.1) is 17.7 Å². The molecule has 0 spiro atoms. The maximum absolute atomic E-state index is 12.1. The highest BCUT2D eigenvalue weighted by molar-refractivity contribution is 7.84. The minimum atomic E-state index is -0.935. The van der Waals surface area contributed by atoms with E-state index in [2.05, 4.69) is 27.8 Å². The highest BCUT2D eigenvalue weighted by Crippen LogP contribution is 2.41. The molecule has 5 nitrogen and oxygen atoms in total. The van der Waals surface area contributed by atoms with Gasteiger partial charge in [-0.1, -0.05) is 6.07 Å². The van der Waals surface area contributed by atoms with E-state index in [1.165, 1.54) is 0 Å². The van der Waals surface area contributed by atoms with Gasteiger partial charge in [0.1, 0.15) is 10.6 Å². The lowest BCUT2D eigenvalue weighted by Gasteiger charge is -2.21. The van der Waals surface area contributed by atoms with Crippen LogP contribution >= 0.6 is 12.6 Å². The van der Waals surface area contributed by atoms with Gasteiger partial charge in [0.15, 0.2) is 5.54 Å². The number of thiol groups is 1. The van der Waals surface area contributed by atoms with E-state index in [1.54, 1.807) is 13.8 Å². The number of aryl methyl sites for hydroxylation is 1. The molecule has 2 rings (SSSR count). The Labute approximate surface area is 117 Å². The first kappa shape index (κ1) is 13.7. The van der Waals surface area contributed by atoms with E-state index in [-0.39, 0.29) is 5.03 Å². The number of ether oxygens (including phenoxy) is 1. The van der Waals surface area contributed by atoms with Crippen LogP contribution in [0.4, 0.5) is 0 Å². The Morgan fingerprint density at radius 1 is 1.47 bits per heavy atom. The third-order valence-electron chi connectivity index (χ3n) is 2.92. The maximum atomic E-state index is 12.1.